The lowest BCUT2D eigenvalue weighted by Gasteiger charge is -2.12. The number of nitrogens with zero attached hydrogens (tertiary/aromatic N) is 2. The summed E-state index contributed by atoms with van der Waals surface area (Å²) in [6.07, 6.45) is 2.24. The van der Waals surface area contributed by atoms with Crippen molar-refractivity contribution in [1.82, 2.24) is 10.3 Å². The van der Waals surface area contributed by atoms with E-state index in [-0.39, 0.29) is 12.2 Å². The van der Waals surface area contributed by atoms with Crippen LogP contribution in [-0.4, -0.2) is 30.8 Å². The molecular formula is C16H20BrN3O3. The van der Waals surface area contributed by atoms with Gasteiger partial charge in [0.2, 0.25) is 0 Å². The number of nitrogens with one attached hydrogen (secondary N) is 1. The second-order valence-corrected chi connectivity index (χ2v) is 5.31. The fraction of sp³-hybridized carbons (Fsp3) is 0.438. The Morgan fingerprint density at radius 1 is 1.39 bits per heavy atom. The molecule has 0 aliphatic carbocycles. The SMILES string of the molecule is CCOCCOC(=O)/C(C#N)=C(\CC)NCc1ccc(Br)nc1. The molecule has 1 heterocycles. The lowest BCUT2D eigenvalue weighted by Crippen LogP contribution is -2.20. The fourth-order valence-electron chi connectivity index (χ4n) is 1.76. The van der Waals surface area contributed by atoms with Crippen LogP contribution < -0.4 is 5.32 Å². The summed E-state index contributed by atoms with van der Waals surface area (Å²) in [5, 5.41) is 12.3. The maximum absolute atomic E-state index is 12.0. The summed E-state index contributed by atoms with van der Waals surface area (Å²) in [4.78, 5) is 16.1. The van der Waals surface area contributed by atoms with Gasteiger partial charge >= 0.3 is 5.97 Å². The largest absolute Gasteiger partial charge is 0.459 e. The summed E-state index contributed by atoms with van der Waals surface area (Å²) in [6.45, 7) is 5.21. The first-order chi connectivity index (χ1) is 11.1. The lowest BCUT2D eigenvalue weighted by atomic mass is 10.1. The molecular weight excluding hydrogens is 362 g/mol. The number of esters is 1. The van der Waals surface area contributed by atoms with E-state index < -0.39 is 5.97 Å². The molecule has 1 aromatic heterocycles. The molecule has 0 bridgehead atoms. The molecule has 1 aromatic rings. The van der Waals surface area contributed by atoms with Crippen LogP contribution in [0, 0.1) is 11.3 Å². The second kappa shape index (κ2) is 10.8. The molecule has 6 nitrogen and oxygen atoms in total. The van der Waals surface area contributed by atoms with Crippen LogP contribution in [0.15, 0.2) is 34.2 Å². The van der Waals surface area contributed by atoms with Crippen molar-refractivity contribution in [2.45, 2.75) is 26.8 Å². The van der Waals surface area contributed by atoms with E-state index in [1.165, 1.54) is 0 Å². The number of allylic oxidation sites excluding steroid dienone is 1. The van der Waals surface area contributed by atoms with E-state index in [0.717, 1.165) is 10.2 Å². The summed E-state index contributed by atoms with van der Waals surface area (Å²) in [5.74, 6) is -0.634. The van der Waals surface area contributed by atoms with Gasteiger partial charge in [-0.05, 0) is 40.9 Å². The third kappa shape index (κ3) is 6.80. The number of halogens is 1. The maximum atomic E-state index is 12.0. The van der Waals surface area contributed by atoms with Crippen molar-refractivity contribution in [2.75, 3.05) is 19.8 Å². The monoisotopic (exact) mass is 381 g/mol. The van der Waals surface area contributed by atoms with E-state index >= 15 is 0 Å². The highest BCUT2D eigenvalue weighted by molar-refractivity contribution is 9.10. The summed E-state index contributed by atoms with van der Waals surface area (Å²) >= 11 is 3.27. The molecule has 1 N–H and O–H groups in total. The Balaban J connectivity index is 2.68. The quantitative estimate of drug-likeness (QED) is 0.232. The predicted molar refractivity (Wildman–Crippen MR) is 89.2 cm³/mol. The minimum absolute atomic E-state index is 0.00549. The van der Waals surface area contributed by atoms with Crippen molar-refractivity contribution in [3.8, 4) is 6.07 Å². The molecule has 0 saturated heterocycles. The molecule has 0 unspecified atom stereocenters. The van der Waals surface area contributed by atoms with E-state index in [1.807, 2.05) is 32.0 Å². The molecule has 0 atom stereocenters. The minimum atomic E-state index is -0.634. The number of carbonyl (C=O) groups excluding carboxylic acids is 1. The predicted octanol–water partition coefficient (Wildman–Crippen LogP) is 2.70. The Morgan fingerprint density at radius 3 is 2.74 bits per heavy atom. The molecule has 0 amide bonds. The van der Waals surface area contributed by atoms with Crippen LogP contribution >= 0.6 is 15.9 Å². The van der Waals surface area contributed by atoms with Crippen molar-refractivity contribution in [2.24, 2.45) is 0 Å². The zero-order valence-corrected chi connectivity index (χ0v) is 14.9. The molecule has 0 aliphatic heterocycles. The number of ether oxygens (including phenoxy) is 2. The smallest absolute Gasteiger partial charge is 0.350 e. The van der Waals surface area contributed by atoms with Gasteiger partial charge in [0.25, 0.3) is 0 Å². The maximum Gasteiger partial charge on any atom is 0.350 e. The van der Waals surface area contributed by atoms with Crippen LogP contribution in [0.4, 0.5) is 0 Å². The van der Waals surface area contributed by atoms with Gasteiger partial charge in [0.1, 0.15) is 17.3 Å². The summed E-state index contributed by atoms with van der Waals surface area (Å²) in [6, 6.07) is 5.66. The number of hydrogen-bond acceptors (Lipinski definition) is 6. The molecule has 124 valence electrons. The van der Waals surface area contributed by atoms with E-state index in [9.17, 15) is 10.1 Å². The van der Waals surface area contributed by atoms with Crippen LogP contribution in [-0.2, 0) is 20.8 Å². The number of hydrogen-bond donors (Lipinski definition) is 1. The molecule has 0 aliphatic rings. The fourth-order valence-corrected chi connectivity index (χ4v) is 1.99. The van der Waals surface area contributed by atoms with Crippen LogP contribution in [0.25, 0.3) is 0 Å². The Kier molecular flexibility index (Phi) is 8.95. The normalized spacial score (nSPS) is 11.4. The van der Waals surface area contributed by atoms with Crippen LogP contribution in [0.3, 0.4) is 0 Å². The van der Waals surface area contributed by atoms with Crippen molar-refractivity contribution in [3.63, 3.8) is 0 Å². The van der Waals surface area contributed by atoms with E-state index in [4.69, 9.17) is 9.47 Å². The van der Waals surface area contributed by atoms with Crippen LogP contribution in [0.1, 0.15) is 25.8 Å². The first kappa shape index (κ1) is 19.1. The molecule has 0 aromatic carbocycles. The van der Waals surface area contributed by atoms with E-state index in [1.54, 1.807) is 6.20 Å². The van der Waals surface area contributed by atoms with Gasteiger partial charge in [-0.15, -0.1) is 0 Å². The first-order valence-electron chi connectivity index (χ1n) is 7.34. The van der Waals surface area contributed by atoms with Gasteiger partial charge in [-0.2, -0.15) is 5.26 Å². The van der Waals surface area contributed by atoms with Gasteiger partial charge in [-0.25, -0.2) is 9.78 Å². The zero-order valence-electron chi connectivity index (χ0n) is 13.3. The van der Waals surface area contributed by atoms with Crippen molar-refractivity contribution in [3.05, 3.63) is 39.8 Å². The van der Waals surface area contributed by atoms with Gasteiger partial charge in [0, 0.05) is 25.0 Å². The number of nitriles is 1. The molecule has 7 heteroatoms. The summed E-state index contributed by atoms with van der Waals surface area (Å²) in [5.41, 5.74) is 1.49. The lowest BCUT2D eigenvalue weighted by molar-refractivity contribution is -0.140. The Hall–Kier alpha value is -1.91. The van der Waals surface area contributed by atoms with Gasteiger partial charge in [-0.3, -0.25) is 0 Å². The van der Waals surface area contributed by atoms with Crippen molar-refractivity contribution < 1.29 is 14.3 Å². The molecule has 0 fully saturated rings. The summed E-state index contributed by atoms with van der Waals surface area (Å²) < 4.78 is 10.9. The van der Waals surface area contributed by atoms with Gasteiger partial charge in [-0.1, -0.05) is 13.0 Å². The molecule has 1 rings (SSSR count). The molecule has 23 heavy (non-hydrogen) atoms. The van der Waals surface area contributed by atoms with Crippen molar-refractivity contribution >= 4 is 21.9 Å². The number of pyridine rings is 1. The third-order valence-electron chi connectivity index (χ3n) is 2.93. The van der Waals surface area contributed by atoms with Crippen LogP contribution in [0.2, 0.25) is 0 Å². The standard InChI is InChI=1S/C16H20BrN3O3/c1-3-14(19-10-12-5-6-15(17)20-11-12)13(9-18)16(21)23-8-7-22-4-2/h5-6,11,19H,3-4,7-8,10H2,1-2H3/b14-13+. The van der Waals surface area contributed by atoms with Gasteiger partial charge in [0.15, 0.2) is 5.57 Å². The Labute approximate surface area is 144 Å². The molecule has 0 spiro atoms. The first-order valence-corrected chi connectivity index (χ1v) is 8.14. The topological polar surface area (TPSA) is 84.2 Å². The third-order valence-corrected chi connectivity index (χ3v) is 3.40. The van der Waals surface area contributed by atoms with Gasteiger partial charge in [0.05, 0.1) is 6.61 Å². The number of carbonyl (C=O) groups is 1. The number of rotatable bonds is 9. The molecule has 0 saturated carbocycles. The van der Waals surface area contributed by atoms with E-state index in [0.29, 0.717) is 31.9 Å². The van der Waals surface area contributed by atoms with Gasteiger partial charge < -0.3 is 14.8 Å². The highest BCUT2D eigenvalue weighted by atomic mass is 79.9. The number of aromatic nitrogens is 1. The minimum Gasteiger partial charge on any atom is -0.459 e. The van der Waals surface area contributed by atoms with Crippen LogP contribution in [0.5, 0.6) is 0 Å². The Morgan fingerprint density at radius 2 is 2.17 bits per heavy atom. The zero-order chi connectivity index (χ0) is 17.1. The average Bonchev–Trinajstić information content (AvgIpc) is 2.56. The van der Waals surface area contributed by atoms with Crippen molar-refractivity contribution in [1.29, 1.82) is 5.26 Å². The highest BCUT2D eigenvalue weighted by Gasteiger charge is 2.16. The second-order valence-electron chi connectivity index (χ2n) is 4.49. The highest BCUT2D eigenvalue weighted by Crippen LogP contribution is 2.10. The average molecular weight is 382 g/mol. The molecule has 0 radical (unpaired) electrons. The van der Waals surface area contributed by atoms with E-state index in [2.05, 4.69) is 26.2 Å². The summed E-state index contributed by atoms with van der Waals surface area (Å²) in [7, 11) is 0. The Bertz CT molecular complexity index is 579.